The first-order valence-electron chi connectivity index (χ1n) is 6.75. The van der Waals surface area contributed by atoms with Crippen LogP contribution in [-0.2, 0) is 4.79 Å². The van der Waals surface area contributed by atoms with Crippen molar-refractivity contribution in [1.29, 1.82) is 0 Å². The van der Waals surface area contributed by atoms with Crippen LogP contribution in [0.3, 0.4) is 0 Å². The summed E-state index contributed by atoms with van der Waals surface area (Å²) >= 11 is 6.39. The maximum Gasteiger partial charge on any atom is 0.387 e. The van der Waals surface area contributed by atoms with Crippen molar-refractivity contribution in [3.05, 3.63) is 46.4 Å². The van der Waals surface area contributed by atoms with Gasteiger partial charge >= 0.3 is 6.61 Å². The highest BCUT2D eigenvalue weighted by atomic mass is 32.2. The molecule has 2 rings (SSSR count). The second-order valence-electron chi connectivity index (χ2n) is 4.94. The van der Waals surface area contributed by atoms with Gasteiger partial charge in [-0.15, -0.1) is 6.58 Å². The first-order valence-corrected chi connectivity index (χ1v) is 7.98. The third-order valence-corrected chi connectivity index (χ3v) is 4.55. The highest BCUT2D eigenvalue weighted by molar-refractivity contribution is 8.26. The number of thioether (sulfide) groups is 1. The average Bonchev–Trinajstić information content (AvgIpc) is 2.71. The molecule has 1 saturated heterocycles. The lowest BCUT2D eigenvalue weighted by atomic mass is 10.1. The third-order valence-electron chi connectivity index (χ3n) is 3.17. The molecule has 0 saturated carbocycles. The monoisotopic (exact) mass is 355 g/mol. The number of rotatable bonds is 5. The number of ether oxygens (including phenoxy) is 1. The SMILES string of the molecule is C=CCN1C(=O)/C(=C/c2cc(C)c(OC(F)F)c(C)c2)SC1=S. The molecular weight excluding hydrogens is 340 g/mol. The lowest BCUT2D eigenvalue weighted by Gasteiger charge is -2.12. The molecule has 1 aromatic carbocycles. The second kappa shape index (κ2) is 7.23. The van der Waals surface area contributed by atoms with Gasteiger partial charge in [-0.25, -0.2) is 0 Å². The van der Waals surface area contributed by atoms with E-state index in [2.05, 4.69) is 11.3 Å². The fraction of sp³-hybridized carbons (Fsp3) is 0.250. The molecule has 23 heavy (non-hydrogen) atoms. The van der Waals surface area contributed by atoms with E-state index in [4.69, 9.17) is 12.2 Å². The van der Waals surface area contributed by atoms with Gasteiger partial charge in [0.1, 0.15) is 10.1 Å². The lowest BCUT2D eigenvalue weighted by molar-refractivity contribution is -0.121. The summed E-state index contributed by atoms with van der Waals surface area (Å²) in [7, 11) is 0. The molecular formula is C16H15F2NO2S2. The van der Waals surface area contributed by atoms with E-state index in [0.717, 1.165) is 5.56 Å². The molecule has 1 heterocycles. The molecule has 1 aliphatic rings. The molecule has 1 amide bonds. The van der Waals surface area contributed by atoms with E-state index >= 15 is 0 Å². The number of benzene rings is 1. The van der Waals surface area contributed by atoms with Crippen molar-refractivity contribution < 1.29 is 18.3 Å². The first-order chi connectivity index (χ1) is 10.8. The van der Waals surface area contributed by atoms with Crippen LogP contribution in [0.2, 0.25) is 0 Å². The normalized spacial score (nSPS) is 16.6. The van der Waals surface area contributed by atoms with Gasteiger partial charge in [-0.3, -0.25) is 9.69 Å². The first kappa shape index (κ1) is 17.6. The summed E-state index contributed by atoms with van der Waals surface area (Å²) in [6.07, 6.45) is 3.31. The Labute approximate surface area is 143 Å². The highest BCUT2D eigenvalue weighted by Crippen LogP contribution is 2.34. The van der Waals surface area contributed by atoms with Crippen LogP contribution in [-0.4, -0.2) is 28.3 Å². The Morgan fingerprint density at radius 1 is 1.39 bits per heavy atom. The molecule has 0 N–H and O–H groups in total. The Hall–Kier alpha value is -1.73. The topological polar surface area (TPSA) is 29.5 Å². The Morgan fingerprint density at radius 3 is 2.52 bits per heavy atom. The number of hydrogen-bond donors (Lipinski definition) is 0. The molecule has 0 unspecified atom stereocenters. The fourth-order valence-corrected chi connectivity index (χ4v) is 3.56. The maximum atomic E-state index is 12.4. The molecule has 1 aromatic rings. The van der Waals surface area contributed by atoms with E-state index in [-0.39, 0.29) is 11.7 Å². The number of thiocarbonyl (C=S) groups is 1. The van der Waals surface area contributed by atoms with Gasteiger partial charge in [0.25, 0.3) is 5.91 Å². The zero-order valence-corrected chi connectivity index (χ0v) is 14.3. The number of aryl methyl sites for hydroxylation is 2. The number of alkyl halides is 2. The predicted molar refractivity (Wildman–Crippen MR) is 92.6 cm³/mol. The summed E-state index contributed by atoms with van der Waals surface area (Å²) in [6, 6.07) is 3.40. The summed E-state index contributed by atoms with van der Waals surface area (Å²) in [6.45, 7) is 4.47. The van der Waals surface area contributed by atoms with Crippen LogP contribution in [0.5, 0.6) is 5.75 Å². The second-order valence-corrected chi connectivity index (χ2v) is 6.62. The average molecular weight is 355 g/mol. The number of carbonyl (C=O) groups is 1. The zero-order chi connectivity index (χ0) is 17.1. The summed E-state index contributed by atoms with van der Waals surface area (Å²) in [5, 5.41) is 0. The third kappa shape index (κ3) is 3.97. The smallest absolute Gasteiger partial charge is 0.387 e. The summed E-state index contributed by atoms with van der Waals surface area (Å²) in [5.74, 6) is -0.0144. The fourth-order valence-electron chi connectivity index (χ4n) is 2.28. The van der Waals surface area contributed by atoms with E-state index in [1.54, 1.807) is 38.1 Å². The van der Waals surface area contributed by atoms with E-state index in [9.17, 15) is 13.6 Å². The van der Waals surface area contributed by atoms with Crippen LogP contribution in [0, 0.1) is 13.8 Å². The zero-order valence-electron chi connectivity index (χ0n) is 12.6. The van der Waals surface area contributed by atoms with Crippen LogP contribution in [0.15, 0.2) is 29.7 Å². The van der Waals surface area contributed by atoms with Crippen molar-refractivity contribution in [3.63, 3.8) is 0 Å². The van der Waals surface area contributed by atoms with Gasteiger partial charge in [0.05, 0.1) is 4.91 Å². The van der Waals surface area contributed by atoms with Crippen molar-refractivity contribution in [2.75, 3.05) is 6.54 Å². The minimum Gasteiger partial charge on any atom is -0.434 e. The van der Waals surface area contributed by atoms with E-state index in [1.165, 1.54) is 16.7 Å². The molecule has 0 radical (unpaired) electrons. The van der Waals surface area contributed by atoms with Gasteiger partial charge < -0.3 is 4.74 Å². The van der Waals surface area contributed by atoms with Crippen molar-refractivity contribution in [1.82, 2.24) is 4.90 Å². The summed E-state index contributed by atoms with van der Waals surface area (Å²) < 4.78 is 29.8. The Balaban J connectivity index is 2.32. The van der Waals surface area contributed by atoms with Crippen molar-refractivity contribution in [2.45, 2.75) is 20.5 Å². The Kier molecular flexibility index (Phi) is 5.54. The van der Waals surface area contributed by atoms with Crippen LogP contribution in [0.1, 0.15) is 16.7 Å². The standard InChI is InChI=1S/C16H15F2NO2S2/c1-4-5-19-14(20)12(23-16(19)22)8-11-6-9(2)13(10(3)7-11)21-15(17)18/h4,6-8,15H,1,5H2,2-3H3/b12-8-. The van der Waals surface area contributed by atoms with Crippen LogP contribution in [0.25, 0.3) is 6.08 Å². The van der Waals surface area contributed by atoms with Crippen molar-refractivity contribution in [3.8, 4) is 5.75 Å². The van der Waals surface area contributed by atoms with Crippen LogP contribution >= 0.6 is 24.0 Å². The molecule has 122 valence electrons. The summed E-state index contributed by atoms with van der Waals surface area (Å²) in [4.78, 5) is 14.2. The maximum absolute atomic E-state index is 12.4. The molecule has 0 spiro atoms. The van der Waals surface area contributed by atoms with Gasteiger partial charge in [0, 0.05) is 6.54 Å². The largest absolute Gasteiger partial charge is 0.434 e. The molecule has 0 bridgehead atoms. The van der Waals surface area contributed by atoms with Gasteiger partial charge in [-0.1, -0.05) is 30.1 Å². The molecule has 1 aliphatic heterocycles. The van der Waals surface area contributed by atoms with Gasteiger partial charge in [-0.2, -0.15) is 8.78 Å². The molecule has 1 fully saturated rings. The predicted octanol–water partition coefficient (Wildman–Crippen LogP) is 4.29. The van der Waals surface area contributed by atoms with Crippen molar-refractivity contribution >= 4 is 40.3 Å². The molecule has 7 heteroatoms. The molecule has 0 aromatic heterocycles. The highest BCUT2D eigenvalue weighted by Gasteiger charge is 2.31. The minimum atomic E-state index is -2.87. The number of carbonyl (C=O) groups excluding carboxylic acids is 1. The van der Waals surface area contributed by atoms with E-state index < -0.39 is 6.61 Å². The van der Waals surface area contributed by atoms with Crippen LogP contribution < -0.4 is 4.74 Å². The van der Waals surface area contributed by atoms with E-state index in [1.807, 2.05) is 0 Å². The number of hydrogen-bond acceptors (Lipinski definition) is 4. The summed E-state index contributed by atoms with van der Waals surface area (Å²) in [5.41, 5.74) is 1.90. The van der Waals surface area contributed by atoms with Crippen molar-refractivity contribution in [2.24, 2.45) is 0 Å². The van der Waals surface area contributed by atoms with Gasteiger partial charge in [-0.05, 0) is 48.7 Å². The van der Waals surface area contributed by atoms with Gasteiger partial charge in [0.15, 0.2) is 0 Å². The number of amides is 1. The molecule has 0 atom stereocenters. The van der Waals surface area contributed by atoms with Gasteiger partial charge in [0.2, 0.25) is 0 Å². The Bertz CT molecular complexity index is 678. The minimum absolute atomic E-state index is 0.163. The quantitative estimate of drug-likeness (QED) is 0.448. The number of halogens is 2. The Morgan fingerprint density at radius 2 is 2.00 bits per heavy atom. The van der Waals surface area contributed by atoms with E-state index in [0.29, 0.717) is 26.9 Å². The lowest BCUT2D eigenvalue weighted by Crippen LogP contribution is -2.27. The van der Waals surface area contributed by atoms with Crippen LogP contribution in [0.4, 0.5) is 8.78 Å². The molecule has 3 nitrogen and oxygen atoms in total. The number of nitrogens with zero attached hydrogens (tertiary/aromatic N) is 1. The molecule has 0 aliphatic carbocycles.